The summed E-state index contributed by atoms with van der Waals surface area (Å²) >= 11 is 0. The number of ether oxygens (including phenoxy) is 1. The van der Waals surface area contributed by atoms with E-state index in [4.69, 9.17) is 4.74 Å². The Labute approximate surface area is 144 Å². The van der Waals surface area contributed by atoms with Crippen LogP contribution < -0.4 is 5.32 Å². The third kappa shape index (κ3) is 5.23. The Hall–Kier alpha value is -2.51. The van der Waals surface area contributed by atoms with Crippen molar-refractivity contribution in [2.24, 2.45) is 5.92 Å². The van der Waals surface area contributed by atoms with Crippen molar-refractivity contribution >= 4 is 17.6 Å². The van der Waals surface area contributed by atoms with Gasteiger partial charge in [0, 0.05) is 0 Å². The van der Waals surface area contributed by atoms with Gasteiger partial charge >= 0.3 is 5.97 Å². The van der Waals surface area contributed by atoms with E-state index in [-0.39, 0.29) is 5.56 Å². The van der Waals surface area contributed by atoms with Crippen molar-refractivity contribution in [1.29, 1.82) is 0 Å². The fraction of sp³-hybridized carbons (Fsp3) is 0.529. The van der Waals surface area contributed by atoms with Gasteiger partial charge in [-0.05, 0) is 37.8 Å². The second kappa shape index (κ2) is 8.55. The number of nitrogens with zero attached hydrogens (tertiary/aromatic N) is 1. The highest BCUT2D eigenvalue weighted by Gasteiger charge is 2.25. The van der Waals surface area contributed by atoms with Gasteiger partial charge in [-0.25, -0.2) is 9.18 Å². The Bertz CT molecular complexity index is 658. The number of carbonyl (C=O) groups excluding carboxylic acids is 2. The van der Waals surface area contributed by atoms with Gasteiger partial charge in [-0.3, -0.25) is 14.9 Å². The molecule has 1 N–H and O–H groups in total. The lowest BCUT2D eigenvalue weighted by Crippen LogP contribution is -2.40. The predicted molar refractivity (Wildman–Crippen MR) is 87.5 cm³/mol. The lowest BCUT2D eigenvalue weighted by atomic mass is 9.90. The van der Waals surface area contributed by atoms with E-state index in [0.29, 0.717) is 18.6 Å². The molecule has 0 aromatic heterocycles. The number of nitro benzene ring substituents is 1. The number of benzene rings is 1. The quantitative estimate of drug-likeness (QED) is 0.482. The highest BCUT2D eigenvalue weighted by atomic mass is 19.1. The summed E-state index contributed by atoms with van der Waals surface area (Å²) in [6.07, 6.45) is 5.50. The topological polar surface area (TPSA) is 98.5 Å². The lowest BCUT2D eigenvalue weighted by Gasteiger charge is -2.22. The van der Waals surface area contributed by atoms with E-state index in [1.165, 1.54) is 13.3 Å². The molecule has 136 valence electrons. The summed E-state index contributed by atoms with van der Waals surface area (Å²) in [4.78, 5) is 34.3. The van der Waals surface area contributed by atoms with E-state index in [0.717, 1.165) is 37.8 Å². The number of halogens is 1. The number of carbonyl (C=O) groups is 2. The zero-order valence-corrected chi connectivity index (χ0v) is 14.0. The number of hydrogen-bond acceptors (Lipinski definition) is 5. The van der Waals surface area contributed by atoms with Gasteiger partial charge in [0.15, 0.2) is 0 Å². The predicted octanol–water partition coefficient (Wildman–Crippen LogP) is 2.98. The van der Waals surface area contributed by atoms with Crippen molar-refractivity contribution in [1.82, 2.24) is 5.32 Å². The van der Waals surface area contributed by atoms with Crippen LogP contribution >= 0.6 is 0 Å². The minimum Gasteiger partial charge on any atom is -0.464 e. The van der Waals surface area contributed by atoms with E-state index in [9.17, 15) is 24.1 Å². The van der Waals surface area contributed by atoms with Crippen LogP contribution in [0.5, 0.6) is 0 Å². The first-order valence-electron chi connectivity index (χ1n) is 8.30. The van der Waals surface area contributed by atoms with Gasteiger partial charge in [0.2, 0.25) is 0 Å². The number of rotatable bonds is 6. The standard InChI is InChI=1S/C17H21FN2O5/c1-11(17(22)25-10-12-5-3-2-4-6-12)19-16(21)14-8-7-13(18)9-15(14)20(23)24/h7-9,11-12H,2-6,10H2,1H3,(H,19,21)/t11-/m0/s1. The third-order valence-corrected chi connectivity index (χ3v) is 4.29. The van der Waals surface area contributed by atoms with Crippen LogP contribution in [0.15, 0.2) is 18.2 Å². The van der Waals surface area contributed by atoms with Crippen LogP contribution in [-0.4, -0.2) is 29.4 Å². The molecule has 0 aliphatic heterocycles. The molecule has 0 saturated heterocycles. The molecule has 1 aromatic rings. The molecule has 25 heavy (non-hydrogen) atoms. The Morgan fingerprint density at radius 2 is 2.04 bits per heavy atom. The summed E-state index contributed by atoms with van der Waals surface area (Å²) in [7, 11) is 0. The van der Waals surface area contributed by atoms with Crippen molar-refractivity contribution in [3.05, 3.63) is 39.7 Å². The fourth-order valence-corrected chi connectivity index (χ4v) is 2.86. The molecule has 1 aliphatic carbocycles. The first-order valence-corrected chi connectivity index (χ1v) is 8.30. The van der Waals surface area contributed by atoms with E-state index in [1.54, 1.807) is 0 Å². The molecule has 0 radical (unpaired) electrons. The maximum Gasteiger partial charge on any atom is 0.328 e. The highest BCUT2D eigenvalue weighted by molar-refractivity contribution is 6.00. The smallest absolute Gasteiger partial charge is 0.328 e. The zero-order chi connectivity index (χ0) is 18.4. The van der Waals surface area contributed by atoms with Gasteiger partial charge in [0.25, 0.3) is 11.6 Å². The van der Waals surface area contributed by atoms with Crippen LogP contribution in [0.2, 0.25) is 0 Å². The second-order valence-corrected chi connectivity index (χ2v) is 6.25. The van der Waals surface area contributed by atoms with Gasteiger partial charge < -0.3 is 10.1 Å². The van der Waals surface area contributed by atoms with E-state index < -0.39 is 34.3 Å². The van der Waals surface area contributed by atoms with Crippen molar-refractivity contribution in [2.75, 3.05) is 6.61 Å². The monoisotopic (exact) mass is 352 g/mol. The number of nitro groups is 1. The summed E-state index contributed by atoms with van der Waals surface area (Å²) in [6, 6.07) is 1.68. The molecule has 1 aromatic carbocycles. The molecular formula is C17H21FN2O5. The molecule has 1 aliphatic rings. The average molecular weight is 352 g/mol. The Kier molecular flexibility index (Phi) is 6.44. The minimum atomic E-state index is -0.958. The van der Waals surface area contributed by atoms with Crippen molar-refractivity contribution < 1.29 is 23.6 Å². The molecule has 0 unspecified atom stereocenters. The summed E-state index contributed by atoms with van der Waals surface area (Å²) < 4.78 is 18.4. The van der Waals surface area contributed by atoms with Gasteiger partial charge in [-0.2, -0.15) is 0 Å². The third-order valence-electron chi connectivity index (χ3n) is 4.29. The fourth-order valence-electron chi connectivity index (χ4n) is 2.86. The molecule has 1 saturated carbocycles. The molecule has 0 spiro atoms. The number of amides is 1. The zero-order valence-electron chi connectivity index (χ0n) is 14.0. The molecule has 0 heterocycles. The largest absolute Gasteiger partial charge is 0.464 e. The molecule has 8 heteroatoms. The second-order valence-electron chi connectivity index (χ2n) is 6.25. The molecular weight excluding hydrogens is 331 g/mol. The van der Waals surface area contributed by atoms with Crippen LogP contribution in [0.25, 0.3) is 0 Å². The summed E-state index contributed by atoms with van der Waals surface area (Å²) in [5.41, 5.74) is -0.960. The molecule has 7 nitrogen and oxygen atoms in total. The lowest BCUT2D eigenvalue weighted by molar-refractivity contribution is -0.385. The summed E-state index contributed by atoms with van der Waals surface area (Å²) in [6.45, 7) is 1.76. The Balaban J connectivity index is 1.93. The molecule has 0 bridgehead atoms. The number of nitrogens with one attached hydrogen (secondary N) is 1. The van der Waals surface area contributed by atoms with Crippen molar-refractivity contribution in [3.8, 4) is 0 Å². The van der Waals surface area contributed by atoms with Crippen molar-refractivity contribution in [2.45, 2.75) is 45.1 Å². The number of hydrogen-bond donors (Lipinski definition) is 1. The highest BCUT2D eigenvalue weighted by Crippen LogP contribution is 2.24. The van der Waals surface area contributed by atoms with Crippen LogP contribution in [0.4, 0.5) is 10.1 Å². The first-order chi connectivity index (χ1) is 11.9. The van der Waals surface area contributed by atoms with Crippen LogP contribution in [0, 0.1) is 21.8 Å². The molecule has 1 atom stereocenters. The van der Waals surface area contributed by atoms with Crippen LogP contribution in [0.1, 0.15) is 49.4 Å². The summed E-state index contributed by atoms with van der Waals surface area (Å²) in [5, 5.41) is 13.3. The van der Waals surface area contributed by atoms with E-state index >= 15 is 0 Å². The van der Waals surface area contributed by atoms with E-state index in [1.807, 2.05) is 0 Å². The first kappa shape index (κ1) is 18.8. The van der Waals surface area contributed by atoms with Gasteiger partial charge in [0.05, 0.1) is 17.6 Å². The number of esters is 1. The SMILES string of the molecule is C[C@H](NC(=O)c1ccc(F)cc1[N+](=O)[O-])C(=O)OCC1CCCCC1. The van der Waals surface area contributed by atoms with Crippen LogP contribution in [-0.2, 0) is 9.53 Å². The van der Waals surface area contributed by atoms with Crippen molar-refractivity contribution in [3.63, 3.8) is 0 Å². The van der Waals surface area contributed by atoms with Crippen LogP contribution in [0.3, 0.4) is 0 Å². The molecule has 1 fully saturated rings. The Morgan fingerprint density at radius 3 is 2.68 bits per heavy atom. The van der Waals surface area contributed by atoms with Gasteiger partial charge in [-0.15, -0.1) is 0 Å². The average Bonchev–Trinajstić information content (AvgIpc) is 2.60. The maximum atomic E-state index is 13.1. The normalized spacial score (nSPS) is 16.1. The summed E-state index contributed by atoms with van der Waals surface area (Å²) in [5.74, 6) is -1.89. The minimum absolute atomic E-state index is 0.307. The molecule has 2 rings (SSSR count). The van der Waals surface area contributed by atoms with Gasteiger partial charge in [-0.1, -0.05) is 19.3 Å². The van der Waals surface area contributed by atoms with Gasteiger partial charge in [0.1, 0.15) is 17.4 Å². The van der Waals surface area contributed by atoms with E-state index in [2.05, 4.69) is 5.32 Å². The Morgan fingerprint density at radius 1 is 1.36 bits per heavy atom. The maximum absolute atomic E-state index is 13.1. The molecule has 1 amide bonds.